The van der Waals surface area contributed by atoms with Crippen molar-refractivity contribution in [1.29, 1.82) is 0 Å². The quantitative estimate of drug-likeness (QED) is 0.806. The summed E-state index contributed by atoms with van der Waals surface area (Å²) in [5, 5.41) is 4.20. The van der Waals surface area contributed by atoms with Crippen molar-refractivity contribution in [3.63, 3.8) is 0 Å². The summed E-state index contributed by atoms with van der Waals surface area (Å²) < 4.78 is 6.39. The van der Waals surface area contributed by atoms with Gasteiger partial charge in [-0.25, -0.2) is 0 Å². The number of para-hydroxylation sites is 1. The van der Waals surface area contributed by atoms with Crippen LogP contribution in [0.3, 0.4) is 0 Å². The maximum atomic E-state index is 6.46. The third kappa shape index (κ3) is 2.99. The summed E-state index contributed by atoms with van der Waals surface area (Å²) in [5.74, 6) is 0.960. The fraction of sp³-hybridized carbons (Fsp3) is 0.263. The number of ether oxygens (including phenoxy) is 1. The summed E-state index contributed by atoms with van der Waals surface area (Å²) in [7, 11) is 0. The van der Waals surface area contributed by atoms with Crippen LogP contribution in [0.25, 0.3) is 5.57 Å². The molecule has 2 aliphatic heterocycles. The topological polar surface area (TPSA) is 21.3 Å². The molecule has 2 aromatic carbocycles. The molecule has 1 fully saturated rings. The summed E-state index contributed by atoms with van der Waals surface area (Å²) in [5.41, 5.74) is 3.18. The molecule has 0 unspecified atom stereocenters. The molecule has 1 saturated heterocycles. The molecule has 4 heteroatoms. The lowest BCUT2D eigenvalue weighted by atomic mass is 9.83. The highest BCUT2D eigenvalue weighted by Crippen LogP contribution is 2.43. The van der Waals surface area contributed by atoms with Gasteiger partial charge >= 0.3 is 0 Å². The van der Waals surface area contributed by atoms with Crippen LogP contribution < -0.4 is 10.1 Å². The number of hydrogen-bond acceptors (Lipinski definition) is 2. The minimum Gasteiger partial charge on any atom is -0.482 e. The normalized spacial score (nSPS) is 18.4. The minimum atomic E-state index is -0.214. The number of piperidine rings is 1. The first kappa shape index (κ1) is 16.4. The zero-order valence-electron chi connectivity index (χ0n) is 12.7. The lowest BCUT2D eigenvalue weighted by Crippen LogP contribution is -2.46. The van der Waals surface area contributed by atoms with E-state index in [-0.39, 0.29) is 18.0 Å². The Morgan fingerprint density at radius 1 is 0.913 bits per heavy atom. The van der Waals surface area contributed by atoms with Gasteiger partial charge in [-0.05, 0) is 36.9 Å². The van der Waals surface area contributed by atoms with Gasteiger partial charge in [0, 0.05) is 29.0 Å². The second kappa shape index (κ2) is 6.56. The van der Waals surface area contributed by atoms with E-state index in [2.05, 4.69) is 29.6 Å². The molecule has 0 amide bonds. The van der Waals surface area contributed by atoms with Crippen molar-refractivity contribution in [2.24, 2.45) is 0 Å². The van der Waals surface area contributed by atoms with E-state index in [0.29, 0.717) is 0 Å². The Hall–Kier alpha value is -1.48. The maximum absolute atomic E-state index is 6.46. The van der Waals surface area contributed by atoms with Gasteiger partial charge in [0.15, 0.2) is 0 Å². The zero-order chi connectivity index (χ0) is 15.0. The number of benzene rings is 2. The van der Waals surface area contributed by atoms with E-state index in [9.17, 15) is 0 Å². The largest absolute Gasteiger partial charge is 0.482 e. The number of rotatable bonds is 1. The van der Waals surface area contributed by atoms with E-state index in [0.717, 1.165) is 47.8 Å². The van der Waals surface area contributed by atoms with Crippen LogP contribution in [0.15, 0.2) is 54.6 Å². The monoisotopic (exact) mass is 347 g/mol. The highest BCUT2D eigenvalue weighted by Gasteiger charge is 2.37. The van der Waals surface area contributed by atoms with Gasteiger partial charge in [-0.1, -0.05) is 48.0 Å². The van der Waals surface area contributed by atoms with Gasteiger partial charge < -0.3 is 10.1 Å². The Balaban J connectivity index is 0.00000156. The number of nitrogens with one attached hydrogen (secondary N) is 1. The molecule has 23 heavy (non-hydrogen) atoms. The van der Waals surface area contributed by atoms with Crippen molar-refractivity contribution in [3.05, 3.63) is 70.8 Å². The number of fused-ring (bicyclic) bond motifs is 1. The van der Waals surface area contributed by atoms with Crippen LogP contribution in [-0.4, -0.2) is 18.7 Å². The summed E-state index contributed by atoms with van der Waals surface area (Å²) in [6, 6.07) is 16.3. The summed E-state index contributed by atoms with van der Waals surface area (Å²) in [6.07, 6.45) is 4.25. The highest BCUT2D eigenvalue weighted by molar-refractivity contribution is 6.32. The van der Waals surface area contributed by atoms with Gasteiger partial charge in [-0.15, -0.1) is 12.4 Å². The molecule has 0 aliphatic carbocycles. The highest BCUT2D eigenvalue weighted by atomic mass is 35.5. The van der Waals surface area contributed by atoms with Crippen molar-refractivity contribution in [1.82, 2.24) is 5.32 Å². The van der Waals surface area contributed by atoms with Crippen molar-refractivity contribution in [2.75, 3.05) is 13.1 Å². The molecule has 0 radical (unpaired) electrons. The summed E-state index contributed by atoms with van der Waals surface area (Å²) in [4.78, 5) is 0. The van der Waals surface area contributed by atoms with Gasteiger partial charge in [0.25, 0.3) is 0 Å². The van der Waals surface area contributed by atoms with Gasteiger partial charge in [0.2, 0.25) is 0 Å². The molecule has 120 valence electrons. The Morgan fingerprint density at radius 2 is 1.57 bits per heavy atom. The van der Waals surface area contributed by atoms with Gasteiger partial charge in [0.05, 0.1) is 0 Å². The third-order valence-corrected chi connectivity index (χ3v) is 4.84. The van der Waals surface area contributed by atoms with Crippen LogP contribution in [-0.2, 0) is 0 Å². The Kier molecular flexibility index (Phi) is 4.67. The molecule has 2 aromatic rings. The second-order valence-electron chi connectivity index (χ2n) is 5.95. The fourth-order valence-corrected chi connectivity index (χ4v) is 3.60. The SMILES string of the molecule is Cl.Clc1ccccc1C1=CC2(CCNCC2)Oc2ccccc21. The molecule has 2 nitrogen and oxygen atoms in total. The van der Waals surface area contributed by atoms with Crippen molar-refractivity contribution >= 4 is 29.6 Å². The van der Waals surface area contributed by atoms with Crippen LogP contribution in [0.2, 0.25) is 5.02 Å². The van der Waals surface area contributed by atoms with Crippen LogP contribution in [0.5, 0.6) is 5.75 Å². The number of halogens is 2. The predicted molar refractivity (Wildman–Crippen MR) is 97.7 cm³/mol. The van der Waals surface area contributed by atoms with Crippen LogP contribution in [0.1, 0.15) is 24.0 Å². The number of hydrogen-bond donors (Lipinski definition) is 1. The van der Waals surface area contributed by atoms with Crippen LogP contribution in [0.4, 0.5) is 0 Å². The first-order valence-electron chi connectivity index (χ1n) is 7.74. The molecule has 0 atom stereocenters. The molecule has 0 aromatic heterocycles. The molecule has 1 spiro atoms. The average molecular weight is 348 g/mol. The molecular formula is C19H19Cl2NO. The fourth-order valence-electron chi connectivity index (χ4n) is 3.37. The van der Waals surface area contributed by atoms with E-state index in [1.807, 2.05) is 30.3 Å². The van der Waals surface area contributed by atoms with E-state index >= 15 is 0 Å². The summed E-state index contributed by atoms with van der Waals surface area (Å²) >= 11 is 6.46. The van der Waals surface area contributed by atoms with Crippen molar-refractivity contribution in [2.45, 2.75) is 18.4 Å². The van der Waals surface area contributed by atoms with Gasteiger partial charge in [-0.2, -0.15) is 0 Å². The Morgan fingerprint density at radius 3 is 2.30 bits per heavy atom. The van der Waals surface area contributed by atoms with E-state index in [4.69, 9.17) is 16.3 Å². The molecular weight excluding hydrogens is 329 g/mol. The van der Waals surface area contributed by atoms with Gasteiger partial charge in [0.1, 0.15) is 11.4 Å². The van der Waals surface area contributed by atoms with Crippen LogP contribution >= 0.6 is 24.0 Å². The lowest BCUT2D eigenvalue weighted by Gasteiger charge is -2.40. The summed E-state index contributed by atoms with van der Waals surface area (Å²) in [6.45, 7) is 1.96. The first-order valence-corrected chi connectivity index (χ1v) is 8.12. The maximum Gasteiger partial charge on any atom is 0.130 e. The predicted octanol–water partition coefficient (Wildman–Crippen LogP) is 4.71. The van der Waals surface area contributed by atoms with Crippen molar-refractivity contribution < 1.29 is 4.74 Å². The standard InChI is InChI=1S/C19H18ClNO.ClH/c20-17-7-3-1-5-14(17)16-13-19(9-11-21-12-10-19)22-18-8-4-2-6-15(16)18;/h1-8,13,21H,9-12H2;1H. The first-order chi connectivity index (χ1) is 10.8. The molecule has 0 saturated carbocycles. The molecule has 4 rings (SSSR count). The van der Waals surface area contributed by atoms with Gasteiger partial charge in [-0.3, -0.25) is 0 Å². The zero-order valence-corrected chi connectivity index (χ0v) is 14.3. The van der Waals surface area contributed by atoms with E-state index in [1.54, 1.807) is 0 Å². The third-order valence-electron chi connectivity index (χ3n) is 4.51. The molecule has 1 N–H and O–H groups in total. The lowest BCUT2D eigenvalue weighted by molar-refractivity contribution is 0.0817. The van der Waals surface area contributed by atoms with E-state index < -0.39 is 0 Å². The van der Waals surface area contributed by atoms with E-state index in [1.165, 1.54) is 5.57 Å². The molecule has 2 aliphatic rings. The Bertz CT molecular complexity index is 736. The van der Waals surface area contributed by atoms with Crippen LogP contribution in [0, 0.1) is 0 Å². The molecule has 2 heterocycles. The average Bonchev–Trinajstić information content (AvgIpc) is 2.55. The molecule has 0 bridgehead atoms. The minimum absolute atomic E-state index is 0. The smallest absolute Gasteiger partial charge is 0.130 e. The van der Waals surface area contributed by atoms with Crippen molar-refractivity contribution in [3.8, 4) is 5.75 Å². The Labute approximate surface area is 147 Å². The second-order valence-corrected chi connectivity index (χ2v) is 6.36.